The molecule has 2 atom stereocenters. The van der Waals surface area contributed by atoms with E-state index in [4.69, 9.17) is 0 Å². The zero-order valence-electron chi connectivity index (χ0n) is 19.1. The van der Waals surface area contributed by atoms with Crippen LogP contribution in [0.25, 0.3) is 21.3 Å². The lowest BCUT2D eigenvalue weighted by Gasteiger charge is -2.16. The molecule has 3 heterocycles. The zero-order valence-corrected chi connectivity index (χ0v) is 19.9. The van der Waals surface area contributed by atoms with E-state index in [1.807, 2.05) is 36.2 Å². The van der Waals surface area contributed by atoms with Crippen molar-refractivity contribution in [3.05, 3.63) is 70.0 Å². The summed E-state index contributed by atoms with van der Waals surface area (Å²) in [6.45, 7) is 4.13. The van der Waals surface area contributed by atoms with Crippen LogP contribution in [0.4, 0.5) is 0 Å². The Morgan fingerprint density at radius 1 is 1.21 bits per heavy atom. The number of nitrogens with zero attached hydrogens (tertiary/aromatic N) is 3. The second kappa shape index (κ2) is 8.72. The van der Waals surface area contributed by atoms with Crippen molar-refractivity contribution in [2.24, 2.45) is 7.05 Å². The first kappa shape index (κ1) is 21.8. The van der Waals surface area contributed by atoms with Crippen LogP contribution in [-0.4, -0.2) is 37.9 Å². The van der Waals surface area contributed by atoms with E-state index in [1.54, 1.807) is 11.3 Å². The molecule has 0 unspecified atom stereocenters. The largest absolute Gasteiger partial charge is 0.391 e. The molecule has 1 amide bonds. The van der Waals surface area contributed by atoms with Crippen LogP contribution in [0.15, 0.2) is 41.8 Å². The molecule has 4 aromatic rings. The third kappa shape index (κ3) is 4.18. The van der Waals surface area contributed by atoms with Crippen LogP contribution in [0.3, 0.4) is 0 Å². The smallest absolute Gasteiger partial charge is 0.270 e. The second-order valence-electron chi connectivity index (χ2n) is 8.92. The molecule has 0 radical (unpaired) electrons. The minimum absolute atomic E-state index is 0.187. The number of carbonyl (C=O) groups excluding carboxylic acids is 1. The molecule has 3 aromatic heterocycles. The van der Waals surface area contributed by atoms with E-state index in [0.717, 1.165) is 58.4 Å². The summed E-state index contributed by atoms with van der Waals surface area (Å²) in [4.78, 5) is 17.5. The molecule has 1 aliphatic rings. The Bertz CT molecular complexity index is 1320. The van der Waals surface area contributed by atoms with Crippen molar-refractivity contribution in [1.29, 1.82) is 0 Å². The molecular weight excluding hydrogens is 432 g/mol. The lowest BCUT2D eigenvalue weighted by atomic mass is 9.99. The molecule has 33 heavy (non-hydrogen) atoms. The fraction of sp³-hybridized carbons (Fsp3) is 0.346. The molecule has 1 aliphatic carbocycles. The summed E-state index contributed by atoms with van der Waals surface area (Å²) in [5.74, 6) is -0.215. The number of hydrogen-bond donors (Lipinski definition) is 2. The number of amides is 1. The maximum atomic E-state index is 12.9. The van der Waals surface area contributed by atoms with Gasteiger partial charge in [0.15, 0.2) is 0 Å². The van der Waals surface area contributed by atoms with E-state index in [1.165, 1.54) is 11.1 Å². The third-order valence-electron chi connectivity index (χ3n) is 6.66. The van der Waals surface area contributed by atoms with Gasteiger partial charge in [-0.05, 0) is 73.7 Å². The Kier molecular flexibility index (Phi) is 5.76. The number of carbonyl (C=O) groups is 1. The quantitative estimate of drug-likeness (QED) is 0.458. The molecule has 0 aliphatic heterocycles. The number of fused-ring (bicyclic) bond motifs is 1. The number of aryl methyl sites for hydroxylation is 2. The Morgan fingerprint density at radius 2 is 2.00 bits per heavy atom. The van der Waals surface area contributed by atoms with E-state index in [2.05, 4.69) is 46.6 Å². The van der Waals surface area contributed by atoms with Gasteiger partial charge in [0.05, 0.1) is 28.1 Å². The summed E-state index contributed by atoms with van der Waals surface area (Å²) in [6.07, 6.45) is 2.73. The first-order valence-electron chi connectivity index (χ1n) is 11.4. The van der Waals surface area contributed by atoms with Gasteiger partial charge in [-0.15, -0.1) is 11.3 Å². The first-order chi connectivity index (χ1) is 15.9. The molecule has 170 valence electrons. The Labute approximate surface area is 197 Å². The van der Waals surface area contributed by atoms with Crippen molar-refractivity contribution >= 4 is 27.5 Å². The molecule has 1 fully saturated rings. The fourth-order valence-electron chi connectivity index (χ4n) is 4.82. The van der Waals surface area contributed by atoms with Crippen LogP contribution in [0.5, 0.6) is 0 Å². The van der Waals surface area contributed by atoms with E-state index in [-0.39, 0.29) is 11.9 Å². The highest BCUT2D eigenvalue weighted by Gasteiger charge is 2.27. The number of thiophene rings is 1. The molecule has 1 aromatic carbocycles. The second-order valence-corrected chi connectivity index (χ2v) is 9.84. The SMILES string of the molecule is Cc1nn(C)c(C)c1-c1ccc(Cc2cc(C(=O)N[C@H]3CCC[C@@H]3O)nc3ccsc23)cc1. The Morgan fingerprint density at radius 3 is 2.67 bits per heavy atom. The predicted octanol–water partition coefficient (Wildman–Crippen LogP) is 4.55. The summed E-state index contributed by atoms with van der Waals surface area (Å²) >= 11 is 1.65. The number of pyridine rings is 1. The lowest BCUT2D eigenvalue weighted by Crippen LogP contribution is -2.40. The topological polar surface area (TPSA) is 80.0 Å². The number of aromatic nitrogens is 3. The number of nitrogens with one attached hydrogen (secondary N) is 1. The van der Waals surface area contributed by atoms with Crippen molar-refractivity contribution in [2.75, 3.05) is 0 Å². The van der Waals surface area contributed by atoms with Crippen LogP contribution in [-0.2, 0) is 13.5 Å². The van der Waals surface area contributed by atoms with Gasteiger partial charge in [-0.2, -0.15) is 5.10 Å². The predicted molar refractivity (Wildman–Crippen MR) is 132 cm³/mol. The van der Waals surface area contributed by atoms with Crippen molar-refractivity contribution < 1.29 is 9.90 Å². The Hall–Kier alpha value is -3.03. The lowest BCUT2D eigenvalue weighted by molar-refractivity contribution is 0.0868. The van der Waals surface area contributed by atoms with E-state index in [9.17, 15) is 9.90 Å². The van der Waals surface area contributed by atoms with Crippen LogP contribution in [0.2, 0.25) is 0 Å². The Balaban J connectivity index is 1.41. The summed E-state index contributed by atoms with van der Waals surface area (Å²) < 4.78 is 3.02. The van der Waals surface area contributed by atoms with Gasteiger partial charge in [-0.3, -0.25) is 9.48 Å². The first-order valence-corrected chi connectivity index (χ1v) is 12.2. The molecular formula is C26H28N4O2S. The third-order valence-corrected chi connectivity index (χ3v) is 7.64. The molecule has 0 saturated heterocycles. The van der Waals surface area contributed by atoms with E-state index < -0.39 is 6.10 Å². The molecule has 1 saturated carbocycles. The number of aliphatic hydroxyl groups is 1. The van der Waals surface area contributed by atoms with Crippen LogP contribution in [0.1, 0.15) is 52.3 Å². The average molecular weight is 461 g/mol. The molecule has 7 heteroatoms. The van der Waals surface area contributed by atoms with Crippen molar-refractivity contribution in [2.45, 2.75) is 51.7 Å². The van der Waals surface area contributed by atoms with Crippen LogP contribution >= 0.6 is 11.3 Å². The van der Waals surface area contributed by atoms with Gasteiger partial charge in [-0.25, -0.2) is 4.98 Å². The van der Waals surface area contributed by atoms with Gasteiger partial charge in [0.2, 0.25) is 0 Å². The average Bonchev–Trinajstić information content (AvgIpc) is 3.49. The molecule has 2 N–H and O–H groups in total. The molecule has 5 rings (SSSR count). The normalized spacial score (nSPS) is 18.2. The van der Waals surface area contributed by atoms with Gasteiger partial charge in [0.1, 0.15) is 5.69 Å². The maximum absolute atomic E-state index is 12.9. The monoisotopic (exact) mass is 460 g/mol. The summed E-state index contributed by atoms with van der Waals surface area (Å²) in [5.41, 5.74) is 8.04. The van der Waals surface area contributed by atoms with Crippen molar-refractivity contribution in [3.8, 4) is 11.1 Å². The number of hydrogen-bond acceptors (Lipinski definition) is 5. The zero-order chi connectivity index (χ0) is 23.1. The standard InChI is InChI=1S/C26H28N4O2S/c1-15-24(16(2)30(3)29-15)18-9-7-17(8-10-18)13-19-14-22(27-21-11-12-33-25(19)21)26(32)28-20-5-4-6-23(20)31/h7-12,14,20,23,31H,4-6,13H2,1-3H3,(H,28,32)/t20-,23-/m0/s1. The minimum atomic E-state index is -0.469. The van der Waals surface area contributed by atoms with Gasteiger partial charge in [-0.1, -0.05) is 24.3 Å². The van der Waals surface area contributed by atoms with Gasteiger partial charge >= 0.3 is 0 Å². The number of benzene rings is 1. The van der Waals surface area contributed by atoms with Gasteiger partial charge in [0, 0.05) is 18.3 Å². The van der Waals surface area contributed by atoms with Crippen molar-refractivity contribution in [3.63, 3.8) is 0 Å². The molecule has 0 spiro atoms. The molecule has 6 nitrogen and oxygen atoms in total. The van der Waals surface area contributed by atoms with Crippen LogP contribution < -0.4 is 5.32 Å². The summed E-state index contributed by atoms with van der Waals surface area (Å²) in [6, 6.07) is 12.3. The highest BCUT2D eigenvalue weighted by atomic mass is 32.1. The van der Waals surface area contributed by atoms with Gasteiger partial charge in [0.25, 0.3) is 5.91 Å². The van der Waals surface area contributed by atoms with E-state index in [0.29, 0.717) is 5.69 Å². The minimum Gasteiger partial charge on any atom is -0.391 e. The molecule has 0 bridgehead atoms. The fourth-order valence-corrected chi connectivity index (χ4v) is 5.67. The van der Waals surface area contributed by atoms with E-state index >= 15 is 0 Å². The highest BCUT2D eigenvalue weighted by Crippen LogP contribution is 2.30. The van der Waals surface area contributed by atoms with Gasteiger partial charge < -0.3 is 10.4 Å². The number of rotatable bonds is 5. The maximum Gasteiger partial charge on any atom is 0.270 e. The summed E-state index contributed by atoms with van der Waals surface area (Å²) in [7, 11) is 1.97. The highest BCUT2D eigenvalue weighted by molar-refractivity contribution is 7.17. The van der Waals surface area contributed by atoms with Crippen LogP contribution in [0, 0.1) is 13.8 Å². The van der Waals surface area contributed by atoms with Crippen molar-refractivity contribution in [1.82, 2.24) is 20.1 Å². The number of aliphatic hydroxyl groups excluding tert-OH is 1. The summed E-state index contributed by atoms with van der Waals surface area (Å²) in [5, 5.41) is 19.6.